The summed E-state index contributed by atoms with van der Waals surface area (Å²) in [5.41, 5.74) is 3.58. The lowest BCUT2D eigenvalue weighted by Crippen LogP contribution is -2.27. The van der Waals surface area contributed by atoms with Crippen molar-refractivity contribution in [2.45, 2.75) is 32.2 Å². The highest BCUT2D eigenvalue weighted by atomic mass is 35.5. The summed E-state index contributed by atoms with van der Waals surface area (Å²) in [5.74, 6) is -1.30. The number of halogens is 1. The number of hydrogen-bond donors (Lipinski definition) is 1. The number of aliphatic carboxylic acids is 1. The standard InChI is InChI=1S/C20H19ClN2O3/c1-13-5-4-6-14(11-13)18-12-17(15-7-2-3-8-16(15)21)22-23(18)19(24)9-10-20(25)26/h2-8,11,18H,9-10,12H2,1H3,(H,25,26). The van der Waals surface area contributed by atoms with Crippen molar-refractivity contribution in [3.05, 3.63) is 70.2 Å². The van der Waals surface area contributed by atoms with Crippen LogP contribution in [0.1, 0.15) is 42.0 Å². The van der Waals surface area contributed by atoms with Crippen molar-refractivity contribution in [1.29, 1.82) is 0 Å². The van der Waals surface area contributed by atoms with Crippen molar-refractivity contribution in [3.63, 3.8) is 0 Å². The van der Waals surface area contributed by atoms with Gasteiger partial charge in [0.05, 0.1) is 18.2 Å². The summed E-state index contributed by atoms with van der Waals surface area (Å²) >= 11 is 6.29. The van der Waals surface area contributed by atoms with Crippen LogP contribution in [0.3, 0.4) is 0 Å². The van der Waals surface area contributed by atoms with Crippen LogP contribution in [-0.2, 0) is 9.59 Å². The van der Waals surface area contributed by atoms with E-state index in [2.05, 4.69) is 5.10 Å². The van der Waals surface area contributed by atoms with E-state index >= 15 is 0 Å². The fourth-order valence-corrected chi connectivity index (χ4v) is 3.31. The summed E-state index contributed by atoms with van der Waals surface area (Å²) in [6.45, 7) is 1.99. The zero-order chi connectivity index (χ0) is 18.7. The molecule has 26 heavy (non-hydrogen) atoms. The molecule has 0 aliphatic carbocycles. The van der Waals surface area contributed by atoms with Crippen LogP contribution in [0, 0.1) is 6.92 Å². The SMILES string of the molecule is Cc1cccc(C2CC(c3ccccc3Cl)=NN2C(=O)CCC(=O)O)c1. The minimum absolute atomic E-state index is 0.0864. The highest BCUT2D eigenvalue weighted by Gasteiger charge is 2.33. The van der Waals surface area contributed by atoms with Crippen molar-refractivity contribution in [2.24, 2.45) is 5.10 Å². The second kappa shape index (κ2) is 7.70. The monoisotopic (exact) mass is 370 g/mol. The molecule has 134 valence electrons. The number of hydrogen-bond acceptors (Lipinski definition) is 3. The number of nitrogens with zero attached hydrogens (tertiary/aromatic N) is 2. The van der Waals surface area contributed by atoms with Crippen LogP contribution in [0.5, 0.6) is 0 Å². The Bertz CT molecular complexity index is 879. The summed E-state index contributed by atoms with van der Waals surface area (Å²) in [6, 6.07) is 15.0. The van der Waals surface area contributed by atoms with E-state index < -0.39 is 5.97 Å². The van der Waals surface area contributed by atoms with Gasteiger partial charge in [-0.3, -0.25) is 9.59 Å². The van der Waals surface area contributed by atoms with Crippen LogP contribution in [-0.4, -0.2) is 27.7 Å². The predicted octanol–water partition coefficient (Wildman–Crippen LogP) is 4.19. The number of carbonyl (C=O) groups excluding carboxylic acids is 1. The number of carboxylic acids is 1. The van der Waals surface area contributed by atoms with Gasteiger partial charge in [-0.25, -0.2) is 5.01 Å². The van der Waals surface area contributed by atoms with Gasteiger partial charge in [-0.05, 0) is 18.6 Å². The fourth-order valence-electron chi connectivity index (χ4n) is 3.06. The molecule has 1 atom stereocenters. The zero-order valence-corrected chi connectivity index (χ0v) is 15.1. The second-order valence-electron chi connectivity index (χ2n) is 6.29. The number of amides is 1. The van der Waals surface area contributed by atoms with Crippen molar-refractivity contribution < 1.29 is 14.7 Å². The Morgan fingerprint density at radius 1 is 1.19 bits per heavy atom. The molecule has 0 fully saturated rings. The van der Waals surface area contributed by atoms with Crippen molar-refractivity contribution >= 4 is 29.2 Å². The van der Waals surface area contributed by atoms with Crippen molar-refractivity contribution in [1.82, 2.24) is 5.01 Å². The molecule has 0 aromatic heterocycles. The van der Waals surface area contributed by atoms with Crippen molar-refractivity contribution in [3.8, 4) is 0 Å². The van der Waals surface area contributed by atoms with Crippen LogP contribution in [0.2, 0.25) is 5.02 Å². The quantitative estimate of drug-likeness (QED) is 0.857. The first-order valence-corrected chi connectivity index (χ1v) is 8.76. The van der Waals surface area contributed by atoms with Crippen molar-refractivity contribution in [2.75, 3.05) is 0 Å². The lowest BCUT2D eigenvalue weighted by Gasteiger charge is -2.22. The highest BCUT2D eigenvalue weighted by molar-refractivity contribution is 6.34. The topological polar surface area (TPSA) is 70.0 Å². The molecule has 5 nitrogen and oxygen atoms in total. The first-order chi connectivity index (χ1) is 12.5. The molecule has 6 heteroatoms. The van der Waals surface area contributed by atoms with Gasteiger partial charge in [-0.1, -0.05) is 59.6 Å². The molecule has 0 bridgehead atoms. The lowest BCUT2D eigenvalue weighted by atomic mass is 9.97. The number of carboxylic acid groups (broad SMARTS) is 1. The molecule has 1 heterocycles. The highest BCUT2D eigenvalue weighted by Crippen LogP contribution is 2.35. The third kappa shape index (κ3) is 3.94. The van der Waals surface area contributed by atoms with Gasteiger partial charge in [-0.2, -0.15) is 5.10 Å². The zero-order valence-electron chi connectivity index (χ0n) is 14.4. The summed E-state index contributed by atoms with van der Waals surface area (Å²) in [4.78, 5) is 23.4. The van der Waals surface area contributed by atoms with E-state index in [9.17, 15) is 9.59 Å². The van der Waals surface area contributed by atoms with Gasteiger partial charge in [0.15, 0.2) is 0 Å². The molecule has 0 saturated carbocycles. The van der Waals surface area contributed by atoms with E-state index in [1.54, 1.807) is 6.07 Å². The van der Waals surface area contributed by atoms with Gasteiger partial charge in [-0.15, -0.1) is 0 Å². The number of hydrazone groups is 1. The molecule has 1 aliphatic heterocycles. The lowest BCUT2D eigenvalue weighted by molar-refractivity contribution is -0.141. The molecule has 0 spiro atoms. The summed E-state index contributed by atoms with van der Waals surface area (Å²) in [5, 5.41) is 15.4. The Labute approximate surface area is 156 Å². The predicted molar refractivity (Wildman–Crippen MR) is 100 cm³/mol. The Hall–Kier alpha value is -2.66. The van der Waals surface area contributed by atoms with Gasteiger partial charge in [0, 0.05) is 23.4 Å². The van der Waals surface area contributed by atoms with Gasteiger partial charge in [0.2, 0.25) is 5.91 Å². The van der Waals surface area contributed by atoms with Gasteiger partial charge in [0.25, 0.3) is 0 Å². The average Bonchev–Trinajstić information content (AvgIpc) is 3.05. The summed E-state index contributed by atoms with van der Waals surface area (Å²) in [6.07, 6.45) is 0.232. The maximum Gasteiger partial charge on any atom is 0.303 e. The Morgan fingerprint density at radius 3 is 2.65 bits per heavy atom. The Kier molecular flexibility index (Phi) is 5.38. The van der Waals surface area contributed by atoms with Crippen LogP contribution in [0.15, 0.2) is 53.6 Å². The van der Waals surface area contributed by atoms with Crippen LogP contribution in [0.25, 0.3) is 0 Å². The molecule has 1 amide bonds. The molecule has 2 aromatic rings. The molecule has 1 aliphatic rings. The molecular weight excluding hydrogens is 352 g/mol. The minimum atomic E-state index is -1.00. The first-order valence-electron chi connectivity index (χ1n) is 8.38. The summed E-state index contributed by atoms with van der Waals surface area (Å²) in [7, 11) is 0. The maximum atomic E-state index is 12.6. The van der Waals surface area contributed by atoms with E-state index in [1.165, 1.54) is 5.01 Å². The largest absolute Gasteiger partial charge is 0.481 e. The number of rotatable bonds is 5. The van der Waals surface area contributed by atoms with E-state index in [1.807, 2.05) is 49.4 Å². The number of benzene rings is 2. The number of aryl methyl sites for hydroxylation is 1. The molecule has 3 rings (SSSR count). The van der Waals surface area contributed by atoms with Gasteiger partial charge in [0.1, 0.15) is 0 Å². The van der Waals surface area contributed by atoms with Crippen LogP contribution < -0.4 is 0 Å². The summed E-state index contributed by atoms with van der Waals surface area (Å²) < 4.78 is 0. The maximum absolute atomic E-state index is 12.6. The molecule has 2 aromatic carbocycles. The minimum Gasteiger partial charge on any atom is -0.481 e. The molecule has 1 N–H and O–H groups in total. The smallest absolute Gasteiger partial charge is 0.303 e. The van der Waals surface area contributed by atoms with Gasteiger partial charge >= 0.3 is 5.97 Å². The van der Waals surface area contributed by atoms with E-state index in [0.29, 0.717) is 11.4 Å². The normalized spacial score (nSPS) is 16.5. The number of carbonyl (C=O) groups is 2. The molecule has 0 saturated heterocycles. The average molecular weight is 371 g/mol. The molecule has 1 unspecified atom stereocenters. The van der Waals surface area contributed by atoms with E-state index in [4.69, 9.17) is 16.7 Å². The van der Waals surface area contributed by atoms with Gasteiger partial charge < -0.3 is 5.11 Å². The van der Waals surface area contributed by atoms with E-state index in [-0.39, 0.29) is 24.8 Å². The Morgan fingerprint density at radius 2 is 1.96 bits per heavy atom. The third-order valence-electron chi connectivity index (χ3n) is 4.33. The fraction of sp³-hybridized carbons (Fsp3) is 0.250. The molecule has 0 radical (unpaired) electrons. The Balaban J connectivity index is 1.94. The first kappa shape index (κ1) is 18.1. The molecular formula is C20H19ClN2O3. The van der Waals surface area contributed by atoms with E-state index in [0.717, 1.165) is 22.4 Å². The van der Waals surface area contributed by atoms with Crippen LogP contribution >= 0.6 is 11.6 Å². The van der Waals surface area contributed by atoms with Crippen LogP contribution in [0.4, 0.5) is 0 Å². The second-order valence-corrected chi connectivity index (χ2v) is 6.70. The third-order valence-corrected chi connectivity index (χ3v) is 4.66.